The van der Waals surface area contributed by atoms with Gasteiger partial charge >= 0.3 is 0 Å². The summed E-state index contributed by atoms with van der Waals surface area (Å²) in [5.41, 5.74) is 30.8. The molecule has 0 aliphatic heterocycles. The molecule has 0 saturated heterocycles. The van der Waals surface area contributed by atoms with Crippen LogP contribution >= 0.6 is 0 Å². The molecule has 94 heavy (non-hydrogen) atoms. The normalized spacial score (nSPS) is 13.6. The Morgan fingerprint density at radius 2 is 0.670 bits per heavy atom. The van der Waals surface area contributed by atoms with Crippen LogP contribution < -0.4 is 9.80 Å². The number of para-hydroxylation sites is 3. The molecule has 0 amide bonds. The molecular weight excluding hydrogens is 1130 g/mol. The predicted molar refractivity (Wildman–Crippen MR) is 392 cm³/mol. The molecule has 0 saturated carbocycles. The zero-order valence-corrected chi connectivity index (χ0v) is 51.9. The molecule has 2 nitrogen and oxygen atoms in total. The first kappa shape index (κ1) is 52.9. The van der Waals surface area contributed by atoms with E-state index in [1.165, 1.54) is 149 Å². The van der Waals surface area contributed by atoms with Crippen LogP contribution in [0.5, 0.6) is 0 Å². The van der Waals surface area contributed by atoms with E-state index in [2.05, 4.69) is 350 Å². The van der Waals surface area contributed by atoms with E-state index in [1.54, 1.807) is 0 Å². The van der Waals surface area contributed by atoms with E-state index in [1.807, 2.05) is 0 Å². The number of hydrogen-bond donors (Lipinski definition) is 0. The maximum absolute atomic E-state index is 2.54. The molecule has 0 radical (unpaired) electrons. The number of fused-ring (bicyclic) bond motifs is 26. The first-order valence-corrected chi connectivity index (χ1v) is 33.0. The molecule has 2 heteroatoms. The van der Waals surface area contributed by atoms with Crippen LogP contribution in [0.25, 0.3) is 87.6 Å². The second-order valence-electron chi connectivity index (χ2n) is 26.2. The number of rotatable bonds is 8. The minimum Gasteiger partial charge on any atom is -0.310 e. The third-order valence-corrected chi connectivity index (χ3v) is 21.5. The molecule has 0 bridgehead atoms. The van der Waals surface area contributed by atoms with Crippen LogP contribution in [0.2, 0.25) is 0 Å². The first-order valence-electron chi connectivity index (χ1n) is 33.0. The summed E-state index contributed by atoms with van der Waals surface area (Å²) in [4.78, 5) is 4.89. The van der Waals surface area contributed by atoms with Gasteiger partial charge in [-0.2, -0.15) is 0 Å². The number of anilines is 6. The van der Waals surface area contributed by atoms with Crippen molar-refractivity contribution in [1.29, 1.82) is 0 Å². The van der Waals surface area contributed by atoms with E-state index in [-0.39, 0.29) is 0 Å². The second kappa shape index (κ2) is 20.1. The molecule has 20 rings (SSSR count). The third-order valence-electron chi connectivity index (χ3n) is 21.5. The van der Waals surface area contributed by atoms with Crippen LogP contribution in [-0.4, -0.2) is 0 Å². The lowest BCUT2D eigenvalue weighted by atomic mass is 9.70. The quantitative estimate of drug-likeness (QED) is 0.150. The maximum Gasteiger partial charge on any atom is 0.0725 e. The van der Waals surface area contributed by atoms with Gasteiger partial charge in [0.15, 0.2) is 0 Å². The van der Waals surface area contributed by atoms with Gasteiger partial charge in [-0.25, -0.2) is 0 Å². The molecule has 16 aromatic carbocycles. The van der Waals surface area contributed by atoms with E-state index in [4.69, 9.17) is 0 Å². The number of benzene rings is 16. The van der Waals surface area contributed by atoms with Gasteiger partial charge in [0.05, 0.1) is 10.8 Å². The summed E-state index contributed by atoms with van der Waals surface area (Å²) < 4.78 is 0. The lowest BCUT2D eigenvalue weighted by molar-refractivity contribution is 0.795. The topological polar surface area (TPSA) is 6.48 Å². The van der Waals surface area contributed by atoms with Crippen molar-refractivity contribution in [2.24, 2.45) is 0 Å². The molecular formula is C92H60N2. The van der Waals surface area contributed by atoms with Crippen LogP contribution in [0.3, 0.4) is 0 Å². The molecule has 0 N–H and O–H groups in total. The first-order chi connectivity index (χ1) is 46.5. The highest BCUT2D eigenvalue weighted by atomic mass is 15.1. The minimum absolute atomic E-state index is 0.476. The molecule has 0 unspecified atom stereocenters. The highest BCUT2D eigenvalue weighted by Crippen LogP contribution is 2.66. The highest BCUT2D eigenvalue weighted by Gasteiger charge is 2.54. The molecule has 0 heterocycles. The Morgan fingerprint density at radius 1 is 0.234 bits per heavy atom. The van der Waals surface area contributed by atoms with Gasteiger partial charge in [-0.15, -0.1) is 0 Å². The van der Waals surface area contributed by atoms with Gasteiger partial charge in [-0.1, -0.05) is 243 Å². The summed E-state index contributed by atoms with van der Waals surface area (Å²) in [7, 11) is 0. The third kappa shape index (κ3) is 7.31. The molecule has 0 aromatic heterocycles. The highest BCUT2D eigenvalue weighted by molar-refractivity contribution is 6.12. The second-order valence-corrected chi connectivity index (χ2v) is 26.2. The average molecular weight is 1190 g/mol. The van der Waals surface area contributed by atoms with Crippen molar-refractivity contribution in [3.63, 3.8) is 0 Å². The van der Waals surface area contributed by atoms with Crippen molar-refractivity contribution in [3.05, 3.63) is 395 Å². The predicted octanol–water partition coefficient (Wildman–Crippen LogP) is 23.8. The Bertz CT molecular complexity index is 5790. The van der Waals surface area contributed by atoms with Crippen LogP contribution in [-0.2, 0) is 17.3 Å². The largest absolute Gasteiger partial charge is 0.310 e. The van der Waals surface area contributed by atoms with E-state index < -0.39 is 10.8 Å². The Kier molecular flexibility index (Phi) is 11.3. The van der Waals surface area contributed by atoms with E-state index in [9.17, 15) is 0 Å². The molecule has 4 aliphatic rings. The van der Waals surface area contributed by atoms with Crippen LogP contribution in [0.15, 0.2) is 334 Å². The van der Waals surface area contributed by atoms with E-state index >= 15 is 0 Å². The Labute approximate surface area is 547 Å². The van der Waals surface area contributed by atoms with Crippen molar-refractivity contribution in [3.8, 4) is 44.5 Å². The smallest absolute Gasteiger partial charge is 0.0725 e. The molecule has 438 valence electrons. The zero-order chi connectivity index (χ0) is 61.8. The summed E-state index contributed by atoms with van der Waals surface area (Å²) in [5.74, 6) is 0. The Morgan fingerprint density at radius 3 is 1.27 bits per heavy atom. The van der Waals surface area contributed by atoms with Crippen molar-refractivity contribution >= 4 is 77.2 Å². The van der Waals surface area contributed by atoms with Crippen LogP contribution in [0, 0.1) is 6.92 Å². The fourth-order valence-electron chi connectivity index (χ4n) is 17.7. The van der Waals surface area contributed by atoms with Gasteiger partial charge in [0.2, 0.25) is 0 Å². The summed E-state index contributed by atoms with van der Waals surface area (Å²) in [6.07, 6.45) is 0.729. The molecule has 2 spiro atoms. The van der Waals surface area contributed by atoms with Gasteiger partial charge < -0.3 is 9.80 Å². The summed E-state index contributed by atoms with van der Waals surface area (Å²) in [6.45, 7) is 2.18. The van der Waals surface area contributed by atoms with Crippen molar-refractivity contribution in [2.45, 2.75) is 24.2 Å². The lowest BCUT2D eigenvalue weighted by Gasteiger charge is -2.31. The summed E-state index contributed by atoms with van der Waals surface area (Å²) in [6, 6.07) is 126. The summed E-state index contributed by atoms with van der Waals surface area (Å²) >= 11 is 0. The summed E-state index contributed by atoms with van der Waals surface area (Å²) in [5, 5.41) is 9.98. The molecule has 0 fully saturated rings. The zero-order valence-electron chi connectivity index (χ0n) is 51.9. The van der Waals surface area contributed by atoms with Crippen LogP contribution in [0.4, 0.5) is 34.1 Å². The standard InChI is InChI=1S/C92H60N2/c1-58-22-20-30-68(50-58)93(66-26-4-2-5-27-66)69-45-42-60-55-79-87(56-64(60)52-69)92(82-39-17-13-34-75(82)76-35-14-18-40-83(76)92)85-49-47-71-62(25-21-36-77(71)90(79)85)51-63-24-9-19-41-88(63)94(67-28-6-3-7-29-67)70-46-43-61-54-78-86(57-65(61)53-70)91(84-48-44-59-23-8-10-31-72(59)89(78)84)80-37-15-11-32-73(80)74-33-12-16-38-81(74)91/h2-50,52-57H,51H2,1H3. The van der Waals surface area contributed by atoms with Gasteiger partial charge in [0.25, 0.3) is 0 Å². The van der Waals surface area contributed by atoms with Crippen LogP contribution in [0.1, 0.15) is 61.2 Å². The monoisotopic (exact) mass is 1190 g/mol. The van der Waals surface area contributed by atoms with Crippen molar-refractivity contribution in [1.82, 2.24) is 0 Å². The number of hydrogen-bond acceptors (Lipinski definition) is 2. The Hall–Kier alpha value is -11.8. The number of nitrogens with zero attached hydrogens (tertiary/aromatic N) is 2. The Balaban J connectivity index is 0.747. The molecule has 0 atom stereocenters. The molecule has 4 aliphatic carbocycles. The fraction of sp³-hybridized carbons (Fsp3) is 0.0435. The van der Waals surface area contributed by atoms with Gasteiger partial charge in [0.1, 0.15) is 0 Å². The SMILES string of the molecule is Cc1cccc(N(c2ccccc2)c2ccc3cc4c(cc3c2)C2(c3ccccc3-c3ccccc32)c2ccc3c(Cc5ccccc5N(c5ccccc5)c5ccc6cc7c(cc6c5)C5(c6ccccc6-c6ccccc65)c5ccc6ccccc6c5-7)cccc3c2-4)c1. The van der Waals surface area contributed by atoms with Gasteiger partial charge in [0, 0.05) is 40.5 Å². The minimum atomic E-state index is -0.532. The average Bonchev–Trinajstić information content (AvgIpc) is 1.51. The van der Waals surface area contributed by atoms with Crippen molar-refractivity contribution in [2.75, 3.05) is 9.80 Å². The fourth-order valence-corrected chi connectivity index (χ4v) is 17.7. The van der Waals surface area contributed by atoms with Gasteiger partial charge in [-0.05, 0) is 247 Å². The number of aryl methyl sites for hydroxylation is 1. The van der Waals surface area contributed by atoms with Gasteiger partial charge in [-0.3, -0.25) is 0 Å². The van der Waals surface area contributed by atoms with E-state index in [0.29, 0.717) is 0 Å². The molecule has 16 aromatic rings. The lowest BCUT2D eigenvalue weighted by Crippen LogP contribution is -2.25. The maximum atomic E-state index is 2.54. The van der Waals surface area contributed by atoms with E-state index in [0.717, 1.165) is 40.5 Å². The van der Waals surface area contributed by atoms with Crippen molar-refractivity contribution < 1.29 is 0 Å².